The normalized spacial score (nSPS) is 22.0. The number of ether oxygens (including phenoxy) is 1. The van der Waals surface area contributed by atoms with E-state index in [0.29, 0.717) is 12.0 Å². The molecule has 1 aromatic heterocycles. The molecule has 0 N–H and O–H groups in total. The Labute approximate surface area is 80.8 Å². The number of thiophene rings is 1. The van der Waals surface area contributed by atoms with Gasteiger partial charge in [-0.3, -0.25) is 0 Å². The van der Waals surface area contributed by atoms with Crippen molar-refractivity contribution in [2.75, 3.05) is 0 Å². The summed E-state index contributed by atoms with van der Waals surface area (Å²) in [4.78, 5) is 12.3. The van der Waals surface area contributed by atoms with E-state index in [2.05, 4.69) is 12.6 Å². The number of carbonyl (C=O) groups is 1. The van der Waals surface area contributed by atoms with Crippen LogP contribution >= 0.6 is 11.3 Å². The molecule has 13 heavy (non-hydrogen) atoms. The lowest BCUT2D eigenvalue weighted by Gasteiger charge is -2.05. The molecular weight excluding hydrogens is 184 g/mol. The van der Waals surface area contributed by atoms with Crippen LogP contribution in [0.4, 0.5) is 0 Å². The first-order valence-corrected chi connectivity index (χ1v) is 5.05. The van der Waals surface area contributed by atoms with Gasteiger partial charge >= 0.3 is 5.97 Å². The Hall–Kier alpha value is -1.09. The zero-order valence-electron chi connectivity index (χ0n) is 7.16. The molecule has 2 heterocycles. The molecule has 2 nitrogen and oxygen atoms in total. The van der Waals surface area contributed by atoms with Crippen molar-refractivity contribution < 1.29 is 9.53 Å². The van der Waals surface area contributed by atoms with Crippen molar-refractivity contribution in [3.8, 4) is 0 Å². The van der Waals surface area contributed by atoms with Gasteiger partial charge in [-0.25, -0.2) is 4.79 Å². The van der Waals surface area contributed by atoms with Gasteiger partial charge in [-0.05, 0) is 11.4 Å². The lowest BCUT2D eigenvalue weighted by atomic mass is 10.1. The summed E-state index contributed by atoms with van der Waals surface area (Å²) in [5.41, 5.74) is 0.599. The summed E-state index contributed by atoms with van der Waals surface area (Å²) < 4.78 is 5.12. The quantitative estimate of drug-likeness (QED) is 0.532. The van der Waals surface area contributed by atoms with Gasteiger partial charge in [0, 0.05) is 23.3 Å². The maximum Gasteiger partial charge on any atom is 0.333 e. The molecule has 1 atom stereocenters. The molecule has 0 bridgehead atoms. The van der Waals surface area contributed by atoms with E-state index < -0.39 is 0 Å². The monoisotopic (exact) mass is 194 g/mol. The molecule has 2 rings (SSSR count). The van der Waals surface area contributed by atoms with Crippen molar-refractivity contribution in [2.24, 2.45) is 0 Å². The maximum atomic E-state index is 11.0. The first-order valence-electron chi connectivity index (χ1n) is 4.17. The van der Waals surface area contributed by atoms with Gasteiger partial charge in [-0.1, -0.05) is 12.6 Å². The van der Waals surface area contributed by atoms with Gasteiger partial charge < -0.3 is 4.74 Å². The van der Waals surface area contributed by atoms with Gasteiger partial charge in [0.25, 0.3) is 0 Å². The smallest absolute Gasteiger partial charge is 0.333 e. The number of hydrogen-bond donors (Lipinski definition) is 0. The van der Waals surface area contributed by atoms with E-state index in [1.54, 1.807) is 11.3 Å². The summed E-state index contributed by atoms with van der Waals surface area (Å²) >= 11 is 1.69. The predicted octanol–water partition coefficient (Wildman–Crippen LogP) is 2.16. The lowest BCUT2D eigenvalue weighted by Crippen LogP contribution is -2.09. The van der Waals surface area contributed by atoms with Crippen molar-refractivity contribution in [2.45, 2.75) is 18.9 Å². The second kappa shape index (κ2) is 3.34. The highest BCUT2D eigenvalue weighted by molar-refractivity contribution is 7.09. The molecule has 68 valence electrons. The second-order valence-electron chi connectivity index (χ2n) is 3.12. The number of hydrogen-bond acceptors (Lipinski definition) is 3. The molecule has 1 aliphatic rings. The molecule has 3 heteroatoms. The van der Waals surface area contributed by atoms with Crippen molar-refractivity contribution in [3.63, 3.8) is 0 Å². The van der Waals surface area contributed by atoms with Gasteiger partial charge in [0.1, 0.15) is 6.10 Å². The van der Waals surface area contributed by atoms with Crippen LogP contribution < -0.4 is 0 Å². The fraction of sp³-hybridized carbons (Fsp3) is 0.300. The zero-order valence-corrected chi connectivity index (χ0v) is 7.97. The van der Waals surface area contributed by atoms with Crippen LogP contribution in [0.2, 0.25) is 0 Å². The van der Waals surface area contributed by atoms with Crippen LogP contribution in [-0.2, 0) is 16.0 Å². The maximum absolute atomic E-state index is 11.0. The number of esters is 1. The van der Waals surface area contributed by atoms with Gasteiger partial charge in [-0.15, -0.1) is 11.3 Å². The summed E-state index contributed by atoms with van der Waals surface area (Å²) in [5, 5.41) is 2.03. The number of carbonyl (C=O) groups excluding carboxylic acids is 1. The summed E-state index contributed by atoms with van der Waals surface area (Å²) in [6.45, 7) is 3.64. The average molecular weight is 194 g/mol. The molecule has 1 aliphatic heterocycles. The predicted molar refractivity (Wildman–Crippen MR) is 51.7 cm³/mol. The van der Waals surface area contributed by atoms with E-state index in [0.717, 1.165) is 6.42 Å². The zero-order chi connectivity index (χ0) is 9.26. The third-order valence-corrected chi connectivity index (χ3v) is 2.94. The van der Waals surface area contributed by atoms with E-state index in [-0.39, 0.29) is 12.1 Å². The molecule has 0 spiro atoms. The molecule has 1 saturated heterocycles. The summed E-state index contributed by atoms with van der Waals surface area (Å²) in [7, 11) is 0. The van der Waals surface area contributed by atoms with Gasteiger partial charge in [0.15, 0.2) is 0 Å². The molecule has 1 fully saturated rings. The molecule has 0 saturated carbocycles. The van der Waals surface area contributed by atoms with Crippen molar-refractivity contribution >= 4 is 17.3 Å². The fourth-order valence-electron chi connectivity index (χ4n) is 1.40. The van der Waals surface area contributed by atoms with Crippen LogP contribution in [0.3, 0.4) is 0 Å². The van der Waals surface area contributed by atoms with Crippen molar-refractivity contribution in [1.29, 1.82) is 0 Å². The summed E-state index contributed by atoms with van der Waals surface area (Å²) in [6, 6.07) is 4.06. The van der Waals surface area contributed by atoms with Gasteiger partial charge in [0.05, 0.1) is 0 Å². The first kappa shape index (κ1) is 8.51. The minimum absolute atomic E-state index is 0.0126. The standard InChI is InChI=1S/C10H10O2S/c1-7-5-8(12-10(7)11)6-9-3-2-4-13-9/h2-4,8H,1,5-6H2. The topological polar surface area (TPSA) is 26.3 Å². The Morgan fingerprint density at radius 1 is 1.69 bits per heavy atom. The molecule has 0 aromatic carbocycles. The highest BCUT2D eigenvalue weighted by atomic mass is 32.1. The van der Waals surface area contributed by atoms with E-state index >= 15 is 0 Å². The van der Waals surface area contributed by atoms with Crippen LogP contribution in [0.15, 0.2) is 29.7 Å². The Kier molecular flexibility index (Phi) is 2.19. The second-order valence-corrected chi connectivity index (χ2v) is 4.15. The van der Waals surface area contributed by atoms with Crippen LogP contribution in [-0.4, -0.2) is 12.1 Å². The Morgan fingerprint density at radius 2 is 2.54 bits per heavy atom. The Balaban J connectivity index is 1.98. The highest BCUT2D eigenvalue weighted by Crippen LogP contribution is 2.23. The van der Waals surface area contributed by atoms with Crippen LogP contribution in [0.25, 0.3) is 0 Å². The molecule has 1 aromatic rings. The first-order chi connectivity index (χ1) is 6.25. The molecule has 1 unspecified atom stereocenters. The Morgan fingerprint density at radius 3 is 3.08 bits per heavy atom. The SMILES string of the molecule is C=C1CC(Cc2cccs2)OC1=O. The largest absolute Gasteiger partial charge is 0.458 e. The van der Waals surface area contributed by atoms with E-state index in [4.69, 9.17) is 4.74 Å². The minimum atomic E-state index is -0.235. The van der Waals surface area contributed by atoms with Gasteiger partial charge in [-0.2, -0.15) is 0 Å². The third kappa shape index (κ3) is 1.80. The number of cyclic esters (lactones) is 1. The lowest BCUT2D eigenvalue weighted by molar-refractivity contribution is -0.138. The summed E-state index contributed by atoms with van der Waals surface area (Å²) in [6.07, 6.45) is 1.51. The molecule has 0 aliphatic carbocycles. The molecular formula is C10H10O2S. The fourth-order valence-corrected chi connectivity index (χ4v) is 2.17. The van der Waals surface area contributed by atoms with Crippen LogP contribution in [0, 0.1) is 0 Å². The van der Waals surface area contributed by atoms with Crippen molar-refractivity contribution in [1.82, 2.24) is 0 Å². The van der Waals surface area contributed by atoms with E-state index in [1.165, 1.54) is 4.88 Å². The average Bonchev–Trinajstić information content (AvgIpc) is 2.64. The van der Waals surface area contributed by atoms with Crippen molar-refractivity contribution in [3.05, 3.63) is 34.5 Å². The highest BCUT2D eigenvalue weighted by Gasteiger charge is 2.27. The minimum Gasteiger partial charge on any atom is -0.458 e. The molecule has 0 radical (unpaired) electrons. The van der Waals surface area contributed by atoms with Gasteiger partial charge in [0.2, 0.25) is 0 Å². The number of rotatable bonds is 2. The van der Waals surface area contributed by atoms with Crippen LogP contribution in [0.1, 0.15) is 11.3 Å². The van der Waals surface area contributed by atoms with E-state index in [9.17, 15) is 4.79 Å². The van der Waals surface area contributed by atoms with E-state index in [1.807, 2.05) is 11.4 Å². The Bertz CT molecular complexity index is 311. The third-order valence-electron chi connectivity index (χ3n) is 2.05. The van der Waals surface area contributed by atoms with Crippen LogP contribution in [0.5, 0.6) is 0 Å². The molecule has 0 amide bonds. The summed E-state index contributed by atoms with van der Waals surface area (Å²) in [5.74, 6) is -0.235.